The van der Waals surface area contributed by atoms with Crippen LogP contribution in [0.4, 0.5) is 0 Å². The molecule has 0 unspecified atom stereocenters. The molecule has 1 heterocycles. The molecule has 0 amide bonds. The summed E-state index contributed by atoms with van der Waals surface area (Å²) >= 11 is 6.67. The van der Waals surface area contributed by atoms with Crippen molar-refractivity contribution in [2.45, 2.75) is 123 Å². The van der Waals surface area contributed by atoms with E-state index < -0.39 is 54.4 Å². The van der Waals surface area contributed by atoms with Gasteiger partial charge in [-0.3, -0.25) is 19.2 Å². The highest BCUT2D eigenvalue weighted by atomic mass is 35.5. The van der Waals surface area contributed by atoms with Crippen molar-refractivity contribution in [3.63, 3.8) is 0 Å². The molecule has 2 aromatic carbocycles. The topological polar surface area (TPSA) is 133 Å². The predicted octanol–water partition coefficient (Wildman–Crippen LogP) is 6.27. The van der Waals surface area contributed by atoms with Gasteiger partial charge in [0.25, 0.3) is 0 Å². The smallest absolute Gasteiger partial charge is 0.303 e. The van der Waals surface area contributed by atoms with E-state index in [1.807, 2.05) is 19.9 Å². The second-order valence-corrected chi connectivity index (χ2v) is 14.2. The maximum absolute atomic E-state index is 12.3. The standard InChI is InChI=1S/C38H51ClO11/c1-23(40)45-22-32-34(47-24(2)41)36(49-26(4)43)35(48-25(3)42)33(50-32)29-14-15-31(39)30(21-29)20-28-12-10-27(11-13-28)16-17-38(7,8)46-19-18-37(5,6)44-9/h10-15,21,32-36H,16-20,22H2,1-9H3/t32-,33+,34-,35+,36+/m1/s1. The fourth-order valence-corrected chi connectivity index (χ4v) is 5.82. The van der Waals surface area contributed by atoms with Crippen molar-refractivity contribution >= 4 is 35.5 Å². The Balaban J connectivity index is 1.83. The van der Waals surface area contributed by atoms with Gasteiger partial charge in [0.2, 0.25) is 0 Å². The number of benzene rings is 2. The summed E-state index contributed by atoms with van der Waals surface area (Å²) in [5, 5.41) is 0.513. The normalized spacial score (nSPS) is 20.9. The Morgan fingerprint density at radius 2 is 1.32 bits per heavy atom. The van der Waals surface area contributed by atoms with E-state index in [0.717, 1.165) is 30.4 Å². The Hall–Kier alpha value is -3.51. The Morgan fingerprint density at radius 1 is 0.740 bits per heavy atom. The summed E-state index contributed by atoms with van der Waals surface area (Å²) in [6.45, 7) is 13.4. The number of rotatable bonds is 16. The van der Waals surface area contributed by atoms with Crippen LogP contribution in [0.15, 0.2) is 42.5 Å². The molecule has 1 aliphatic heterocycles. The Labute approximate surface area is 300 Å². The third kappa shape index (κ3) is 12.7. The number of carbonyl (C=O) groups is 4. The molecule has 2 aromatic rings. The Bertz CT molecular complexity index is 1470. The van der Waals surface area contributed by atoms with Crippen molar-refractivity contribution in [1.29, 1.82) is 0 Å². The van der Waals surface area contributed by atoms with Crippen LogP contribution in [0, 0.1) is 0 Å². The van der Waals surface area contributed by atoms with E-state index in [1.165, 1.54) is 33.3 Å². The van der Waals surface area contributed by atoms with Crippen molar-refractivity contribution in [3.05, 3.63) is 69.7 Å². The van der Waals surface area contributed by atoms with Crippen LogP contribution >= 0.6 is 11.6 Å². The minimum atomic E-state index is -1.26. The highest BCUT2D eigenvalue weighted by molar-refractivity contribution is 6.31. The number of esters is 4. The summed E-state index contributed by atoms with van der Waals surface area (Å²) in [5.74, 6) is -2.64. The predicted molar refractivity (Wildman–Crippen MR) is 186 cm³/mol. The van der Waals surface area contributed by atoms with Crippen molar-refractivity contribution < 1.29 is 52.3 Å². The summed E-state index contributed by atoms with van der Waals surface area (Å²) < 4.78 is 40.0. The number of halogens is 1. The van der Waals surface area contributed by atoms with Crippen molar-refractivity contribution in [2.24, 2.45) is 0 Å². The van der Waals surface area contributed by atoms with Gasteiger partial charge in [-0.05, 0) is 81.7 Å². The number of hydrogen-bond donors (Lipinski definition) is 0. The van der Waals surface area contributed by atoms with Crippen molar-refractivity contribution in [2.75, 3.05) is 20.3 Å². The van der Waals surface area contributed by atoms with Gasteiger partial charge in [-0.25, -0.2) is 0 Å². The molecule has 0 bridgehead atoms. The van der Waals surface area contributed by atoms with E-state index >= 15 is 0 Å². The molecular weight excluding hydrogens is 668 g/mol. The number of aryl methyl sites for hydroxylation is 1. The molecule has 276 valence electrons. The first-order valence-corrected chi connectivity index (χ1v) is 17.1. The summed E-state index contributed by atoms with van der Waals surface area (Å²) in [5.41, 5.74) is 3.03. The van der Waals surface area contributed by atoms with E-state index in [9.17, 15) is 19.2 Å². The van der Waals surface area contributed by atoms with Gasteiger partial charge in [0.15, 0.2) is 18.3 Å². The zero-order valence-electron chi connectivity index (χ0n) is 30.5. The van der Waals surface area contributed by atoms with Gasteiger partial charge < -0.3 is 33.2 Å². The highest BCUT2D eigenvalue weighted by Crippen LogP contribution is 2.39. The van der Waals surface area contributed by atoms with Crippen LogP contribution in [0.2, 0.25) is 5.02 Å². The first-order valence-electron chi connectivity index (χ1n) is 16.8. The van der Waals surface area contributed by atoms with Crippen LogP contribution in [0.5, 0.6) is 0 Å². The fourth-order valence-electron chi connectivity index (χ4n) is 5.64. The molecule has 0 saturated carbocycles. The lowest BCUT2D eigenvalue weighted by molar-refractivity contribution is -0.254. The van der Waals surface area contributed by atoms with Crippen molar-refractivity contribution in [1.82, 2.24) is 0 Å². The fraction of sp³-hybridized carbons (Fsp3) is 0.579. The molecule has 3 rings (SSSR count). The van der Waals surface area contributed by atoms with Gasteiger partial charge >= 0.3 is 23.9 Å². The average molecular weight is 719 g/mol. The zero-order valence-corrected chi connectivity index (χ0v) is 31.3. The molecule has 1 fully saturated rings. The molecule has 11 nitrogen and oxygen atoms in total. The van der Waals surface area contributed by atoms with E-state index in [0.29, 0.717) is 23.6 Å². The van der Waals surface area contributed by atoms with Crippen LogP contribution in [0.1, 0.15) is 96.6 Å². The quantitative estimate of drug-likeness (QED) is 0.144. The number of ether oxygens (including phenoxy) is 7. The molecular formula is C38H51ClO11. The second kappa shape index (κ2) is 18.1. The molecule has 0 aromatic heterocycles. The number of methoxy groups -OCH3 is 1. The van der Waals surface area contributed by atoms with E-state index in [4.69, 9.17) is 44.8 Å². The van der Waals surface area contributed by atoms with Gasteiger partial charge in [-0.1, -0.05) is 48.0 Å². The van der Waals surface area contributed by atoms with Gasteiger partial charge in [0.05, 0.1) is 17.8 Å². The minimum Gasteiger partial charge on any atom is -0.463 e. The monoisotopic (exact) mass is 718 g/mol. The maximum atomic E-state index is 12.3. The van der Waals surface area contributed by atoms with Crippen LogP contribution < -0.4 is 0 Å². The third-order valence-electron chi connectivity index (χ3n) is 8.57. The largest absolute Gasteiger partial charge is 0.463 e. The molecule has 0 spiro atoms. The molecule has 1 saturated heterocycles. The zero-order chi connectivity index (χ0) is 37.2. The molecule has 0 radical (unpaired) electrons. The summed E-state index contributed by atoms with van der Waals surface area (Å²) in [7, 11) is 1.71. The van der Waals surface area contributed by atoms with Crippen LogP contribution in [0.3, 0.4) is 0 Å². The first-order chi connectivity index (χ1) is 23.4. The molecule has 0 N–H and O–H groups in total. The highest BCUT2D eigenvalue weighted by Gasteiger charge is 2.52. The van der Waals surface area contributed by atoms with E-state index in [-0.39, 0.29) is 17.8 Å². The lowest BCUT2D eigenvalue weighted by Gasteiger charge is -2.44. The summed E-state index contributed by atoms with van der Waals surface area (Å²) in [6, 6.07) is 13.6. The molecule has 0 aliphatic carbocycles. The number of carbonyl (C=O) groups excluding carboxylic acids is 4. The molecule has 12 heteroatoms. The molecule has 5 atom stereocenters. The van der Waals surface area contributed by atoms with Crippen LogP contribution in [-0.4, -0.2) is 79.8 Å². The summed E-state index contributed by atoms with van der Waals surface area (Å²) in [4.78, 5) is 48.3. The van der Waals surface area contributed by atoms with Gasteiger partial charge in [0, 0.05) is 39.8 Å². The molecule has 1 aliphatic rings. The van der Waals surface area contributed by atoms with Gasteiger partial charge in [0.1, 0.15) is 18.8 Å². The van der Waals surface area contributed by atoms with Crippen LogP contribution in [-0.2, 0) is 65.2 Å². The van der Waals surface area contributed by atoms with E-state index in [1.54, 1.807) is 19.2 Å². The minimum absolute atomic E-state index is 0.226. The SMILES string of the molecule is COC(C)(C)CCOC(C)(C)CCc1ccc(Cc2cc([C@@H]3O[C@H](COC(C)=O)[C@@H](OC(C)=O)[C@H](OC(C)=O)[C@H]3OC(C)=O)ccc2Cl)cc1. The first kappa shape index (κ1) is 40.9. The van der Waals surface area contributed by atoms with Crippen LogP contribution in [0.25, 0.3) is 0 Å². The Kier molecular flexibility index (Phi) is 14.8. The van der Waals surface area contributed by atoms with Crippen molar-refractivity contribution in [3.8, 4) is 0 Å². The van der Waals surface area contributed by atoms with Gasteiger partial charge in [-0.2, -0.15) is 0 Å². The maximum Gasteiger partial charge on any atom is 0.303 e. The average Bonchev–Trinajstić information content (AvgIpc) is 3.02. The molecule has 50 heavy (non-hydrogen) atoms. The van der Waals surface area contributed by atoms with Gasteiger partial charge in [-0.15, -0.1) is 0 Å². The Morgan fingerprint density at radius 3 is 1.90 bits per heavy atom. The lowest BCUT2D eigenvalue weighted by atomic mass is 9.89. The third-order valence-corrected chi connectivity index (χ3v) is 8.94. The second-order valence-electron chi connectivity index (χ2n) is 13.8. The van der Waals surface area contributed by atoms with E-state index in [2.05, 4.69) is 38.1 Å². The lowest BCUT2D eigenvalue weighted by Crippen LogP contribution is -2.59. The summed E-state index contributed by atoms with van der Waals surface area (Å²) in [6.07, 6.45) is -2.77. The number of hydrogen-bond acceptors (Lipinski definition) is 11.